The molecule has 5 rings (SSSR count). The van der Waals surface area contributed by atoms with E-state index in [4.69, 9.17) is 24.1 Å². The van der Waals surface area contributed by atoms with E-state index in [9.17, 15) is 4.79 Å². The minimum Gasteiger partial charge on any atom is -0.488 e. The van der Waals surface area contributed by atoms with Crippen LogP contribution >= 0.6 is 0 Å². The molecule has 1 fully saturated rings. The van der Waals surface area contributed by atoms with Gasteiger partial charge in [0.25, 0.3) is 0 Å². The van der Waals surface area contributed by atoms with Gasteiger partial charge in [0.15, 0.2) is 6.61 Å². The monoisotopic (exact) mass is 474 g/mol. The highest BCUT2D eigenvalue weighted by atomic mass is 16.5. The van der Waals surface area contributed by atoms with Gasteiger partial charge >= 0.3 is 5.97 Å². The van der Waals surface area contributed by atoms with E-state index in [2.05, 4.69) is 44.2 Å². The minimum atomic E-state index is -1.00. The fourth-order valence-corrected chi connectivity index (χ4v) is 5.11. The summed E-state index contributed by atoms with van der Waals surface area (Å²) >= 11 is 0. The maximum Gasteiger partial charge on any atom is 0.341 e. The number of ether oxygens (including phenoxy) is 4. The summed E-state index contributed by atoms with van der Waals surface area (Å²) in [6, 6.07) is 17.9. The zero-order valence-electron chi connectivity index (χ0n) is 20.1. The Hall–Kier alpha value is -3.51. The van der Waals surface area contributed by atoms with Gasteiger partial charge in [0.05, 0.1) is 13.2 Å². The number of hydrogen-bond donors (Lipinski definition) is 1. The Morgan fingerprint density at radius 1 is 0.971 bits per heavy atom. The van der Waals surface area contributed by atoms with E-state index in [-0.39, 0.29) is 18.8 Å². The molecule has 2 atom stereocenters. The van der Waals surface area contributed by atoms with E-state index >= 15 is 0 Å². The molecule has 0 amide bonds. The molecule has 35 heavy (non-hydrogen) atoms. The standard InChI is InChI=1S/C29H30O6/c1-18-14-23(34-22-12-13-32-16-22)15-19(2)29(18)26-5-3-4-25-24(26)10-11-27(25)35-21-8-6-20(7-9-21)33-17-28(30)31/h3-9,14-15,22,27H,10-13,16-17H2,1-2H3,(H,30,31)/t22-,27+/m0/s1. The first-order valence-corrected chi connectivity index (χ1v) is 12.1. The molecule has 0 bridgehead atoms. The maximum atomic E-state index is 10.7. The lowest BCUT2D eigenvalue weighted by Crippen LogP contribution is -2.15. The van der Waals surface area contributed by atoms with Crippen LogP contribution in [0.25, 0.3) is 11.1 Å². The van der Waals surface area contributed by atoms with Crippen molar-refractivity contribution in [3.63, 3.8) is 0 Å². The van der Waals surface area contributed by atoms with Crippen molar-refractivity contribution in [2.75, 3.05) is 19.8 Å². The van der Waals surface area contributed by atoms with Gasteiger partial charge in [-0.05, 0) is 96.5 Å². The Morgan fingerprint density at radius 2 is 1.71 bits per heavy atom. The van der Waals surface area contributed by atoms with Crippen LogP contribution in [-0.4, -0.2) is 37.0 Å². The Labute approximate surface area is 205 Å². The minimum absolute atomic E-state index is 0.0266. The SMILES string of the molecule is Cc1cc(O[C@H]2CCOC2)cc(C)c1-c1cccc2c1CC[C@H]2Oc1ccc(OCC(=O)O)cc1. The molecule has 182 valence electrons. The molecule has 3 aromatic rings. The highest BCUT2D eigenvalue weighted by Gasteiger charge is 2.28. The summed E-state index contributed by atoms with van der Waals surface area (Å²) in [4.78, 5) is 10.7. The van der Waals surface area contributed by atoms with E-state index < -0.39 is 5.97 Å². The van der Waals surface area contributed by atoms with Crippen molar-refractivity contribution in [1.29, 1.82) is 0 Å². The van der Waals surface area contributed by atoms with Crippen LogP contribution in [0.15, 0.2) is 54.6 Å². The fourth-order valence-electron chi connectivity index (χ4n) is 5.11. The number of benzene rings is 3. The second-order valence-electron chi connectivity index (χ2n) is 9.21. The average Bonchev–Trinajstić information content (AvgIpc) is 3.49. The molecule has 1 saturated heterocycles. The van der Waals surface area contributed by atoms with E-state index in [1.54, 1.807) is 12.1 Å². The Balaban J connectivity index is 1.35. The van der Waals surface area contributed by atoms with Crippen LogP contribution in [0, 0.1) is 13.8 Å². The number of carboxylic acids is 1. The molecule has 0 saturated carbocycles. The molecule has 0 spiro atoms. The van der Waals surface area contributed by atoms with Crippen molar-refractivity contribution in [3.05, 3.63) is 76.9 Å². The van der Waals surface area contributed by atoms with Gasteiger partial charge in [0.2, 0.25) is 0 Å². The van der Waals surface area contributed by atoms with Crippen molar-refractivity contribution >= 4 is 5.97 Å². The zero-order valence-corrected chi connectivity index (χ0v) is 20.1. The molecule has 0 radical (unpaired) electrons. The quantitative estimate of drug-likeness (QED) is 0.454. The fraction of sp³-hybridized carbons (Fsp3) is 0.345. The number of carbonyl (C=O) groups is 1. The van der Waals surface area contributed by atoms with E-state index in [1.807, 2.05) is 12.1 Å². The van der Waals surface area contributed by atoms with Crippen molar-refractivity contribution in [3.8, 4) is 28.4 Å². The lowest BCUT2D eigenvalue weighted by molar-refractivity contribution is -0.139. The molecule has 0 unspecified atom stereocenters. The summed E-state index contributed by atoms with van der Waals surface area (Å²) in [5, 5.41) is 8.76. The number of hydrogen-bond acceptors (Lipinski definition) is 5. The molecule has 2 aliphatic rings. The highest BCUT2D eigenvalue weighted by molar-refractivity contribution is 5.76. The van der Waals surface area contributed by atoms with Gasteiger partial charge in [-0.3, -0.25) is 0 Å². The molecule has 1 aliphatic carbocycles. The number of aryl methyl sites for hydroxylation is 2. The van der Waals surface area contributed by atoms with Gasteiger partial charge in [-0.2, -0.15) is 0 Å². The third kappa shape index (κ3) is 5.13. The Kier molecular flexibility index (Phi) is 6.64. The average molecular weight is 475 g/mol. The Morgan fingerprint density at radius 3 is 2.40 bits per heavy atom. The van der Waals surface area contributed by atoms with Gasteiger partial charge in [-0.1, -0.05) is 18.2 Å². The second-order valence-corrected chi connectivity index (χ2v) is 9.21. The third-order valence-corrected chi connectivity index (χ3v) is 6.65. The predicted octanol–water partition coefficient (Wildman–Crippen LogP) is 5.67. The van der Waals surface area contributed by atoms with E-state index in [0.29, 0.717) is 12.4 Å². The zero-order chi connectivity index (χ0) is 24.4. The first kappa shape index (κ1) is 23.2. The van der Waals surface area contributed by atoms with Crippen LogP contribution in [0.3, 0.4) is 0 Å². The molecule has 6 nitrogen and oxygen atoms in total. The molecule has 1 heterocycles. The number of fused-ring (bicyclic) bond motifs is 1. The largest absolute Gasteiger partial charge is 0.488 e. The summed E-state index contributed by atoms with van der Waals surface area (Å²) in [5.74, 6) is 1.15. The summed E-state index contributed by atoms with van der Waals surface area (Å²) in [7, 11) is 0. The molecular formula is C29H30O6. The van der Waals surface area contributed by atoms with E-state index in [0.717, 1.165) is 37.4 Å². The number of rotatable bonds is 8. The summed E-state index contributed by atoms with van der Waals surface area (Å²) < 4.78 is 23.1. The third-order valence-electron chi connectivity index (χ3n) is 6.65. The van der Waals surface area contributed by atoms with Crippen LogP contribution in [0.2, 0.25) is 0 Å². The summed E-state index contributed by atoms with van der Waals surface area (Å²) in [6.07, 6.45) is 2.90. The van der Waals surface area contributed by atoms with Gasteiger partial charge in [0.1, 0.15) is 29.5 Å². The molecular weight excluding hydrogens is 444 g/mol. The normalized spacial score (nSPS) is 18.8. The first-order chi connectivity index (χ1) is 17.0. The van der Waals surface area contributed by atoms with Crippen molar-refractivity contribution in [2.45, 2.75) is 45.3 Å². The highest BCUT2D eigenvalue weighted by Crippen LogP contribution is 2.42. The lowest BCUT2D eigenvalue weighted by atomic mass is 9.90. The molecule has 6 heteroatoms. The number of aliphatic carboxylic acids is 1. The van der Waals surface area contributed by atoms with Gasteiger partial charge < -0.3 is 24.1 Å². The van der Waals surface area contributed by atoms with Crippen molar-refractivity contribution < 1.29 is 28.8 Å². The molecule has 0 aromatic heterocycles. The summed E-state index contributed by atoms with van der Waals surface area (Å²) in [6.45, 7) is 5.36. The van der Waals surface area contributed by atoms with Crippen LogP contribution < -0.4 is 14.2 Å². The van der Waals surface area contributed by atoms with Crippen molar-refractivity contribution in [1.82, 2.24) is 0 Å². The lowest BCUT2D eigenvalue weighted by Gasteiger charge is -2.19. The predicted molar refractivity (Wildman–Crippen MR) is 132 cm³/mol. The van der Waals surface area contributed by atoms with Crippen LogP contribution in [0.4, 0.5) is 0 Å². The smallest absolute Gasteiger partial charge is 0.341 e. The molecule has 1 aliphatic heterocycles. The van der Waals surface area contributed by atoms with Gasteiger partial charge in [0, 0.05) is 6.42 Å². The second kappa shape index (κ2) is 10.0. The number of carboxylic acid groups (broad SMARTS) is 1. The van der Waals surface area contributed by atoms with Crippen LogP contribution in [-0.2, 0) is 16.0 Å². The maximum absolute atomic E-state index is 10.7. The van der Waals surface area contributed by atoms with Crippen LogP contribution in [0.1, 0.15) is 41.2 Å². The van der Waals surface area contributed by atoms with Crippen LogP contribution in [0.5, 0.6) is 17.2 Å². The summed E-state index contributed by atoms with van der Waals surface area (Å²) in [5.41, 5.74) is 7.48. The van der Waals surface area contributed by atoms with Gasteiger partial charge in [-0.25, -0.2) is 4.79 Å². The molecule has 1 N–H and O–H groups in total. The van der Waals surface area contributed by atoms with E-state index in [1.165, 1.54) is 33.4 Å². The topological polar surface area (TPSA) is 74.2 Å². The van der Waals surface area contributed by atoms with Crippen molar-refractivity contribution in [2.24, 2.45) is 0 Å². The molecule has 3 aromatic carbocycles. The van der Waals surface area contributed by atoms with Gasteiger partial charge in [-0.15, -0.1) is 0 Å². The first-order valence-electron chi connectivity index (χ1n) is 12.1. The Bertz CT molecular complexity index is 1190.